The smallest absolute Gasteiger partial charge is 0.340 e. The first-order chi connectivity index (χ1) is 9.71. The summed E-state index contributed by atoms with van der Waals surface area (Å²) in [6, 6.07) is 8.06. The van der Waals surface area contributed by atoms with Crippen molar-refractivity contribution in [3.63, 3.8) is 0 Å². The van der Waals surface area contributed by atoms with Crippen LogP contribution in [0.5, 0.6) is 0 Å². The van der Waals surface area contributed by atoms with Gasteiger partial charge in [0.1, 0.15) is 5.70 Å². The van der Waals surface area contributed by atoms with Crippen LogP contribution < -0.4 is 0 Å². The lowest BCUT2D eigenvalue weighted by atomic mass is 10.1. The van der Waals surface area contributed by atoms with E-state index in [9.17, 15) is 4.79 Å². The van der Waals surface area contributed by atoms with E-state index in [0.29, 0.717) is 0 Å². The minimum atomic E-state index is -0.628. The molecule has 0 amide bonds. The van der Waals surface area contributed by atoms with Crippen molar-refractivity contribution in [2.45, 2.75) is 20.3 Å². The zero-order valence-electron chi connectivity index (χ0n) is 11.6. The van der Waals surface area contributed by atoms with Gasteiger partial charge in [0.25, 0.3) is 0 Å². The lowest BCUT2D eigenvalue weighted by Crippen LogP contribution is -2.05. The van der Waals surface area contributed by atoms with Crippen molar-refractivity contribution in [2.75, 3.05) is 6.61 Å². The normalized spacial score (nSPS) is 11.2. The lowest BCUT2D eigenvalue weighted by molar-refractivity contribution is -0.138. The number of benzene rings is 1. The Bertz CT molecular complexity index is 553. The molecule has 0 saturated carbocycles. The largest absolute Gasteiger partial charge is 0.462 e. The van der Waals surface area contributed by atoms with Crippen LogP contribution in [0.25, 0.3) is 16.5 Å². The fourth-order valence-corrected chi connectivity index (χ4v) is 1.51. The van der Waals surface area contributed by atoms with Crippen molar-refractivity contribution >= 4 is 12.0 Å². The first-order valence-corrected chi connectivity index (χ1v) is 6.40. The highest BCUT2D eigenvalue weighted by Crippen LogP contribution is 2.08. The highest BCUT2D eigenvalue weighted by Gasteiger charge is 2.06. The van der Waals surface area contributed by atoms with E-state index < -0.39 is 5.97 Å². The number of azide groups is 1. The zero-order valence-corrected chi connectivity index (χ0v) is 11.6. The van der Waals surface area contributed by atoms with Crippen molar-refractivity contribution in [3.8, 4) is 0 Å². The number of hydrogen-bond acceptors (Lipinski definition) is 3. The van der Waals surface area contributed by atoms with Gasteiger partial charge in [-0.15, -0.1) is 0 Å². The van der Waals surface area contributed by atoms with Gasteiger partial charge >= 0.3 is 5.97 Å². The number of allylic oxidation sites excluding steroid dienone is 2. The van der Waals surface area contributed by atoms with E-state index in [2.05, 4.69) is 16.9 Å². The first-order valence-electron chi connectivity index (χ1n) is 6.40. The molecular weight excluding hydrogens is 254 g/mol. The molecule has 104 valence electrons. The maximum atomic E-state index is 11.5. The van der Waals surface area contributed by atoms with Crippen LogP contribution in [-0.2, 0) is 16.0 Å². The predicted molar refractivity (Wildman–Crippen MR) is 78.7 cm³/mol. The zero-order chi connectivity index (χ0) is 14.8. The van der Waals surface area contributed by atoms with Gasteiger partial charge in [-0.3, -0.25) is 0 Å². The Kier molecular flexibility index (Phi) is 6.65. The predicted octanol–water partition coefficient (Wildman–Crippen LogP) is 4.02. The molecule has 1 aromatic rings. The molecule has 0 heterocycles. The quantitative estimate of drug-likeness (QED) is 0.196. The van der Waals surface area contributed by atoms with E-state index in [0.717, 1.165) is 12.0 Å². The van der Waals surface area contributed by atoms with E-state index >= 15 is 0 Å². The SMILES string of the molecule is CCOC(=O)C(=CC=Cc1ccc(CC)cc1)N=[N+]=[N-]. The molecule has 0 fully saturated rings. The fourth-order valence-electron chi connectivity index (χ4n) is 1.51. The summed E-state index contributed by atoms with van der Waals surface area (Å²) in [6.07, 6.45) is 5.91. The van der Waals surface area contributed by atoms with Crippen LogP contribution in [0.4, 0.5) is 0 Å². The summed E-state index contributed by atoms with van der Waals surface area (Å²) in [5.41, 5.74) is 10.6. The summed E-state index contributed by atoms with van der Waals surface area (Å²) in [6.45, 7) is 4.02. The summed E-state index contributed by atoms with van der Waals surface area (Å²) < 4.78 is 4.78. The molecule has 0 bridgehead atoms. The summed E-state index contributed by atoms with van der Waals surface area (Å²) in [4.78, 5) is 14.1. The van der Waals surface area contributed by atoms with Crippen LogP contribution in [0.15, 0.2) is 47.2 Å². The minimum absolute atomic E-state index is 0.0595. The molecule has 0 aromatic heterocycles. The summed E-state index contributed by atoms with van der Waals surface area (Å²) in [5.74, 6) is -0.628. The Labute approximate surface area is 118 Å². The second-order valence-corrected chi connectivity index (χ2v) is 3.92. The third-order valence-electron chi connectivity index (χ3n) is 2.57. The average molecular weight is 271 g/mol. The van der Waals surface area contributed by atoms with E-state index in [4.69, 9.17) is 10.3 Å². The summed E-state index contributed by atoms with van der Waals surface area (Å²) in [5, 5.41) is 3.32. The van der Waals surface area contributed by atoms with E-state index in [1.807, 2.05) is 30.3 Å². The van der Waals surface area contributed by atoms with Gasteiger partial charge in [-0.05, 0) is 36.1 Å². The molecule has 5 heteroatoms. The summed E-state index contributed by atoms with van der Waals surface area (Å²) >= 11 is 0. The van der Waals surface area contributed by atoms with Gasteiger partial charge in [0.05, 0.1) is 6.61 Å². The maximum Gasteiger partial charge on any atom is 0.340 e. The molecule has 1 rings (SSSR count). The number of nitrogens with zero attached hydrogens (tertiary/aromatic N) is 3. The van der Waals surface area contributed by atoms with Gasteiger partial charge in [0.2, 0.25) is 0 Å². The molecule has 0 aliphatic carbocycles. The Morgan fingerprint density at radius 3 is 2.60 bits per heavy atom. The molecule has 5 nitrogen and oxygen atoms in total. The van der Waals surface area contributed by atoms with Gasteiger partial charge in [-0.25, -0.2) is 4.79 Å². The van der Waals surface area contributed by atoms with Gasteiger partial charge in [0.15, 0.2) is 0 Å². The van der Waals surface area contributed by atoms with Crippen LogP contribution in [-0.4, -0.2) is 12.6 Å². The summed E-state index contributed by atoms with van der Waals surface area (Å²) in [7, 11) is 0. The van der Waals surface area contributed by atoms with Gasteiger partial charge < -0.3 is 4.74 Å². The monoisotopic (exact) mass is 271 g/mol. The van der Waals surface area contributed by atoms with Crippen LogP contribution in [0.2, 0.25) is 0 Å². The van der Waals surface area contributed by atoms with Gasteiger partial charge in [-0.2, -0.15) is 0 Å². The van der Waals surface area contributed by atoms with Crippen molar-refractivity contribution in [1.29, 1.82) is 0 Å². The number of aryl methyl sites for hydroxylation is 1. The maximum absolute atomic E-state index is 11.5. The Hall–Kier alpha value is -2.52. The molecule has 0 aliphatic rings. The topological polar surface area (TPSA) is 75.1 Å². The highest BCUT2D eigenvalue weighted by molar-refractivity contribution is 5.88. The number of rotatable bonds is 6. The number of ether oxygens (including phenoxy) is 1. The molecule has 0 unspecified atom stereocenters. The molecular formula is C15H17N3O2. The van der Waals surface area contributed by atoms with Crippen LogP contribution in [0.3, 0.4) is 0 Å². The molecule has 20 heavy (non-hydrogen) atoms. The van der Waals surface area contributed by atoms with E-state index in [1.54, 1.807) is 13.0 Å². The number of esters is 1. The third-order valence-corrected chi connectivity index (χ3v) is 2.57. The molecule has 0 saturated heterocycles. The molecule has 1 aromatic carbocycles. The third kappa shape index (κ3) is 5.00. The second kappa shape index (κ2) is 8.56. The van der Waals surface area contributed by atoms with Crippen LogP contribution in [0, 0.1) is 0 Å². The Morgan fingerprint density at radius 1 is 1.35 bits per heavy atom. The lowest BCUT2D eigenvalue weighted by Gasteiger charge is -1.99. The first kappa shape index (κ1) is 15.5. The van der Waals surface area contributed by atoms with Crippen molar-refractivity contribution in [2.24, 2.45) is 5.11 Å². The minimum Gasteiger partial charge on any atom is -0.462 e. The molecule has 0 aliphatic heterocycles. The standard InChI is InChI=1S/C15H17N3O2/c1-3-12-8-10-13(11-9-12)6-5-7-14(17-18-16)15(19)20-4-2/h5-11H,3-4H2,1-2H3. The van der Waals surface area contributed by atoms with E-state index in [-0.39, 0.29) is 12.3 Å². The number of carbonyl (C=O) groups is 1. The molecule has 0 atom stereocenters. The van der Waals surface area contributed by atoms with Gasteiger partial charge in [0, 0.05) is 4.91 Å². The molecule has 0 N–H and O–H groups in total. The highest BCUT2D eigenvalue weighted by atomic mass is 16.5. The van der Waals surface area contributed by atoms with E-state index in [1.165, 1.54) is 11.6 Å². The van der Waals surface area contributed by atoms with Crippen LogP contribution >= 0.6 is 0 Å². The van der Waals surface area contributed by atoms with Crippen molar-refractivity contribution < 1.29 is 9.53 Å². The number of hydrogen-bond donors (Lipinski definition) is 0. The van der Waals surface area contributed by atoms with Gasteiger partial charge in [-0.1, -0.05) is 48.5 Å². The fraction of sp³-hybridized carbons (Fsp3) is 0.267. The molecule has 0 spiro atoms. The Morgan fingerprint density at radius 2 is 2.05 bits per heavy atom. The van der Waals surface area contributed by atoms with Crippen LogP contribution in [0.1, 0.15) is 25.0 Å². The Balaban J connectivity index is 2.82. The molecule has 0 radical (unpaired) electrons. The average Bonchev–Trinajstić information content (AvgIpc) is 2.47. The van der Waals surface area contributed by atoms with Crippen molar-refractivity contribution in [1.82, 2.24) is 0 Å². The van der Waals surface area contributed by atoms with Crippen molar-refractivity contribution in [3.05, 3.63) is 63.7 Å². The second-order valence-electron chi connectivity index (χ2n) is 3.92. The number of carbonyl (C=O) groups excluding carboxylic acids is 1.